The molecule has 2 heterocycles. The van der Waals surface area contributed by atoms with Gasteiger partial charge in [0.2, 0.25) is 6.79 Å². The third-order valence-corrected chi connectivity index (χ3v) is 3.74. The monoisotopic (exact) mass is 236 g/mol. The highest BCUT2D eigenvalue weighted by Gasteiger charge is 2.34. The molecular formula is C13H16O4. The average Bonchev–Trinajstić information content (AvgIpc) is 2.86. The van der Waals surface area contributed by atoms with Crippen molar-refractivity contribution in [2.75, 3.05) is 26.6 Å². The van der Waals surface area contributed by atoms with Crippen molar-refractivity contribution < 1.29 is 19.3 Å². The summed E-state index contributed by atoms with van der Waals surface area (Å²) in [6.45, 7) is 1.84. The maximum Gasteiger partial charge on any atom is 0.231 e. The Morgan fingerprint density at radius 1 is 1.12 bits per heavy atom. The Kier molecular flexibility index (Phi) is 2.68. The first-order valence-electron chi connectivity index (χ1n) is 5.93. The predicted octanol–water partition coefficient (Wildman–Crippen LogP) is 1.46. The van der Waals surface area contributed by atoms with Crippen LogP contribution in [-0.2, 0) is 10.2 Å². The molecule has 0 saturated carbocycles. The molecule has 1 fully saturated rings. The summed E-state index contributed by atoms with van der Waals surface area (Å²) in [4.78, 5) is 0. The lowest BCUT2D eigenvalue weighted by atomic mass is 9.75. The highest BCUT2D eigenvalue weighted by Crippen LogP contribution is 2.40. The molecule has 0 amide bonds. The second-order valence-electron chi connectivity index (χ2n) is 4.62. The number of benzene rings is 1. The number of fused-ring (bicyclic) bond motifs is 1. The van der Waals surface area contributed by atoms with Gasteiger partial charge in [0.15, 0.2) is 11.5 Å². The van der Waals surface area contributed by atoms with E-state index in [2.05, 4.69) is 0 Å². The third kappa shape index (κ3) is 1.77. The van der Waals surface area contributed by atoms with E-state index in [1.807, 2.05) is 18.2 Å². The fourth-order valence-electron chi connectivity index (χ4n) is 2.53. The van der Waals surface area contributed by atoms with Crippen LogP contribution in [-0.4, -0.2) is 31.7 Å². The molecule has 1 saturated heterocycles. The standard InChI is InChI=1S/C13H16O4/c14-8-13(3-5-15-6-4-13)10-1-2-11-12(7-10)17-9-16-11/h1-2,7,14H,3-6,8-9H2. The lowest BCUT2D eigenvalue weighted by molar-refractivity contribution is 0.0252. The molecule has 1 N–H and O–H groups in total. The number of hydrogen-bond donors (Lipinski definition) is 1. The molecule has 0 atom stereocenters. The molecule has 92 valence electrons. The molecule has 2 aliphatic rings. The summed E-state index contributed by atoms with van der Waals surface area (Å²) in [5.74, 6) is 1.57. The second kappa shape index (κ2) is 4.20. The minimum Gasteiger partial charge on any atom is -0.454 e. The number of aliphatic hydroxyl groups excluding tert-OH is 1. The maximum absolute atomic E-state index is 9.72. The van der Waals surface area contributed by atoms with Crippen LogP contribution in [0.4, 0.5) is 0 Å². The van der Waals surface area contributed by atoms with Crippen LogP contribution in [0.5, 0.6) is 11.5 Å². The zero-order valence-electron chi connectivity index (χ0n) is 9.65. The number of ether oxygens (including phenoxy) is 3. The van der Waals surface area contributed by atoms with E-state index in [-0.39, 0.29) is 18.8 Å². The zero-order valence-corrected chi connectivity index (χ0v) is 9.65. The van der Waals surface area contributed by atoms with Crippen molar-refractivity contribution in [3.8, 4) is 11.5 Å². The maximum atomic E-state index is 9.72. The van der Waals surface area contributed by atoms with Crippen LogP contribution < -0.4 is 9.47 Å². The van der Waals surface area contributed by atoms with Gasteiger partial charge >= 0.3 is 0 Å². The topological polar surface area (TPSA) is 47.9 Å². The Labute approximate surface area is 100 Å². The Hall–Kier alpha value is -1.26. The van der Waals surface area contributed by atoms with Gasteiger partial charge in [-0.3, -0.25) is 0 Å². The van der Waals surface area contributed by atoms with E-state index < -0.39 is 0 Å². The molecule has 0 spiro atoms. The smallest absolute Gasteiger partial charge is 0.231 e. The Morgan fingerprint density at radius 2 is 1.88 bits per heavy atom. The quantitative estimate of drug-likeness (QED) is 0.844. The van der Waals surface area contributed by atoms with Crippen LogP contribution in [0.25, 0.3) is 0 Å². The molecule has 1 aromatic carbocycles. The highest BCUT2D eigenvalue weighted by atomic mass is 16.7. The lowest BCUT2D eigenvalue weighted by Gasteiger charge is -2.36. The number of hydrogen-bond acceptors (Lipinski definition) is 4. The summed E-state index contributed by atoms with van der Waals surface area (Å²) >= 11 is 0. The van der Waals surface area contributed by atoms with Gasteiger partial charge in [-0.25, -0.2) is 0 Å². The molecule has 0 unspecified atom stereocenters. The van der Waals surface area contributed by atoms with Gasteiger partial charge in [-0.05, 0) is 30.5 Å². The average molecular weight is 236 g/mol. The summed E-state index contributed by atoms with van der Waals surface area (Å²) in [5.41, 5.74) is 0.937. The summed E-state index contributed by atoms with van der Waals surface area (Å²) in [6, 6.07) is 5.93. The van der Waals surface area contributed by atoms with Gasteiger partial charge in [-0.2, -0.15) is 0 Å². The summed E-state index contributed by atoms with van der Waals surface area (Å²) in [6.07, 6.45) is 1.70. The zero-order chi connectivity index (χ0) is 11.7. The third-order valence-electron chi connectivity index (χ3n) is 3.74. The first-order valence-corrected chi connectivity index (χ1v) is 5.93. The van der Waals surface area contributed by atoms with Gasteiger partial charge in [-0.1, -0.05) is 6.07 Å². The van der Waals surface area contributed by atoms with E-state index in [1.165, 1.54) is 0 Å². The Morgan fingerprint density at radius 3 is 2.65 bits per heavy atom. The van der Waals surface area contributed by atoms with E-state index in [9.17, 15) is 5.11 Å². The van der Waals surface area contributed by atoms with Gasteiger partial charge in [0.05, 0.1) is 6.61 Å². The van der Waals surface area contributed by atoms with Crippen LogP contribution in [0.3, 0.4) is 0 Å². The lowest BCUT2D eigenvalue weighted by Crippen LogP contribution is -2.37. The van der Waals surface area contributed by atoms with Crippen LogP contribution in [0.2, 0.25) is 0 Å². The highest BCUT2D eigenvalue weighted by molar-refractivity contribution is 5.46. The molecule has 0 aliphatic carbocycles. The van der Waals surface area contributed by atoms with Gasteiger partial charge in [-0.15, -0.1) is 0 Å². The molecule has 0 radical (unpaired) electrons. The Bertz CT molecular complexity index is 410. The normalized spacial score (nSPS) is 21.5. The Balaban J connectivity index is 1.96. The first kappa shape index (κ1) is 10.9. The molecule has 0 aromatic heterocycles. The van der Waals surface area contributed by atoms with Crippen LogP contribution in [0.15, 0.2) is 18.2 Å². The van der Waals surface area contributed by atoms with Crippen molar-refractivity contribution in [1.82, 2.24) is 0 Å². The van der Waals surface area contributed by atoms with Crippen molar-refractivity contribution in [3.63, 3.8) is 0 Å². The molecule has 3 rings (SSSR count). The summed E-state index contributed by atoms with van der Waals surface area (Å²) in [7, 11) is 0. The minimum atomic E-state index is -0.181. The van der Waals surface area contributed by atoms with Crippen LogP contribution in [0, 0.1) is 0 Å². The fourth-order valence-corrected chi connectivity index (χ4v) is 2.53. The molecule has 0 bridgehead atoms. The molecule has 1 aromatic rings. The minimum absolute atomic E-state index is 0.149. The van der Waals surface area contributed by atoms with E-state index in [0.29, 0.717) is 13.2 Å². The summed E-state index contributed by atoms with van der Waals surface area (Å²) in [5, 5.41) is 9.72. The van der Waals surface area contributed by atoms with Crippen molar-refractivity contribution >= 4 is 0 Å². The second-order valence-corrected chi connectivity index (χ2v) is 4.62. The molecule has 4 heteroatoms. The fraction of sp³-hybridized carbons (Fsp3) is 0.538. The van der Waals surface area contributed by atoms with Gasteiger partial charge in [0, 0.05) is 18.6 Å². The summed E-state index contributed by atoms with van der Waals surface area (Å²) < 4.78 is 16.1. The SMILES string of the molecule is OCC1(c2ccc3c(c2)OCO3)CCOCC1. The van der Waals surface area contributed by atoms with Crippen molar-refractivity contribution in [2.24, 2.45) is 0 Å². The van der Waals surface area contributed by atoms with Crippen molar-refractivity contribution in [3.05, 3.63) is 23.8 Å². The van der Waals surface area contributed by atoms with Gasteiger partial charge in [0.1, 0.15) is 0 Å². The molecule has 4 nitrogen and oxygen atoms in total. The van der Waals surface area contributed by atoms with Crippen molar-refractivity contribution in [2.45, 2.75) is 18.3 Å². The number of aliphatic hydroxyl groups is 1. The van der Waals surface area contributed by atoms with Gasteiger partial charge < -0.3 is 19.3 Å². The van der Waals surface area contributed by atoms with E-state index in [4.69, 9.17) is 14.2 Å². The van der Waals surface area contributed by atoms with E-state index in [0.717, 1.165) is 29.9 Å². The largest absolute Gasteiger partial charge is 0.454 e. The van der Waals surface area contributed by atoms with Crippen LogP contribution >= 0.6 is 0 Å². The van der Waals surface area contributed by atoms with E-state index >= 15 is 0 Å². The van der Waals surface area contributed by atoms with Gasteiger partial charge in [0.25, 0.3) is 0 Å². The predicted molar refractivity (Wildman–Crippen MR) is 61.4 cm³/mol. The first-order chi connectivity index (χ1) is 8.34. The van der Waals surface area contributed by atoms with Crippen molar-refractivity contribution in [1.29, 1.82) is 0 Å². The molecule has 2 aliphatic heterocycles. The number of rotatable bonds is 2. The van der Waals surface area contributed by atoms with E-state index in [1.54, 1.807) is 0 Å². The molecular weight excluding hydrogens is 220 g/mol. The molecule has 17 heavy (non-hydrogen) atoms. The van der Waals surface area contributed by atoms with Crippen LogP contribution in [0.1, 0.15) is 18.4 Å².